The van der Waals surface area contributed by atoms with Crippen LogP contribution in [0.1, 0.15) is 5.56 Å². The van der Waals surface area contributed by atoms with Gasteiger partial charge in [-0.25, -0.2) is 9.37 Å². The third-order valence-electron chi connectivity index (χ3n) is 1.40. The lowest BCUT2D eigenvalue weighted by molar-refractivity contribution is 0.512. The summed E-state index contributed by atoms with van der Waals surface area (Å²) in [5, 5.41) is 2.88. The molecule has 0 fully saturated rings. The molecule has 1 aromatic heterocycles. The molecule has 0 unspecified atom stereocenters. The molecule has 0 bridgehead atoms. The maximum absolute atomic E-state index is 11.7. The van der Waals surface area contributed by atoms with Crippen molar-refractivity contribution in [1.82, 2.24) is 4.98 Å². The zero-order valence-corrected chi connectivity index (χ0v) is 6.47. The second kappa shape index (κ2) is 3.91. The molecule has 2 nitrogen and oxygen atoms in total. The Kier molecular flexibility index (Phi) is 2.83. The molecule has 3 heteroatoms. The highest BCUT2D eigenvalue weighted by Gasteiger charge is 1.94. The quantitative estimate of drug-likeness (QED) is 0.717. The van der Waals surface area contributed by atoms with Crippen LogP contribution in [0.15, 0.2) is 18.3 Å². The molecule has 1 aromatic rings. The molecule has 0 aliphatic heterocycles. The second-order valence-electron chi connectivity index (χ2n) is 2.28. The monoisotopic (exact) mass is 154 g/mol. The lowest BCUT2D eigenvalue weighted by atomic mass is 10.3. The van der Waals surface area contributed by atoms with E-state index in [0.29, 0.717) is 6.54 Å². The first-order valence-electron chi connectivity index (χ1n) is 3.56. The minimum atomic E-state index is -0.365. The first kappa shape index (κ1) is 7.98. The van der Waals surface area contributed by atoms with Gasteiger partial charge < -0.3 is 5.32 Å². The van der Waals surface area contributed by atoms with Crippen molar-refractivity contribution in [3.05, 3.63) is 23.9 Å². The van der Waals surface area contributed by atoms with Crippen molar-refractivity contribution in [3.8, 4) is 0 Å². The second-order valence-corrected chi connectivity index (χ2v) is 2.28. The van der Waals surface area contributed by atoms with Gasteiger partial charge in [0.2, 0.25) is 0 Å². The van der Waals surface area contributed by atoms with Crippen LogP contribution in [0.2, 0.25) is 0 Å². The van der Waals surface area contributed by atoms with Crippen molar-refractivity contribution in [3.63, 3.8) is 0 Å². The number of anilines is 1. The van der Waals surface area contributed by atoms with Gasteiger partial charge >= 0.3 is 0 Å². The Morgan fingerprint density at radius 3 is 3.09 bits per heavy atom. The summed E-state index contributed by atoms with van der Waals surface area (Å²) in [5.74, 6) is 0.769. The SMILES string of the molecule is Cc1cccnc1NCCF. The first-order chi connectivity index (χ1) is 5.34. The van der Waals surface area contributed by atoms with Gasteiger partial charge in [-0.05, 0) is 18.6 Å². The molecule has 0 saturated heterocycles. The van der Waals surface area contributed by atoms with E-state index in [1.54, 1.807) is 6.20 Å². The summed E-state index contributed by atoms with van der Waals surface area (Å²) in [6.45, 7) is 1.90. The first-order valence-corrected chi connectivity index (χ1v) is 3.56. The van der Waals surface area contributed by atoms with Crippen LogP contribution >= 0.6 is 0 Å². The number of alkyl halides is 1. The van der Waals surface area contributed by atoms with Gasteiger partial charge in [0.1, 0.15) is 12.5 Å². The fourth-order valence-corrected chi connectivity index (χ4v) is 0.836. The molecule has 0 radical (unpaired) electrons. The summed E-state index contributed by atoms with van der Waals surface area (Å²) in [5.41, 5.74) is 1.04. The molecule has 11 heavy (non-hydrogen) atoms. The Morgan fingerprint density at radius 1 is 1.64 bits per heavy atom. The van der Waals surface area contributed by atoms with E-state index in [0.717, 1.165) is 11.4 Å². The normalized spacial score (nSPS) is 9.64. The van der Waals surface area contributed by atoms with E-state index in [-0.39, 0.29) is 6.67 Å². The van der Waals surface area contributed by atoms with Gasteiger partial charge in [0, 0.05) is 12.7 Å². The van der Waals surface area contributed by atoms with Crippen LogP contribution in [0.4, 0.5) is 10.2 Å². The van der Waals surface area contributed by atoms with E-state index in [4.69, 9.17) is 0 Å². The smallest absolute Gasteiger partial charge is 0.128 e. The lowest BCUT2D eigenvalue weighted by Gasteiger charge is -2.04. The highest BCUT2D eigenvalue weighted by Crippen LogP contribution is 2.07. The molecule has 0 amide bonds. The number of nitrogens with zero attached hydrogens (tertiary/aromatic N) is 1. The van der Waals surface area contributed by atoms with Crippen LogP contribution in [0.25, 0.3) is 0 Å². The Bertz CT molecular complexity index is 225. The molecule has 0 aliphatic rings. The number of pyridine rings is 1. The zero-order valence-electron chi connectivity index (χ0n) is 6.47. The third-order valence-corrected chi connectivity index (χ3v) is 1.40. The van der Waals surface area contributed by atoms with Gasteiger partial charge in [-0.15, -0.1) is 0 Å². The summed E-state index contributed by atoms with van der Waals surface area (Å²) in [7, 11) is 0. The van der Waals surface area contributed by atoms with E-state index in [9.17, 15) is 4.39 Å². The minimum Gasteiger partial charge on any atom is -0.367 e. The Hall–Kier alpha value is -1.12. The van der Waals surface area contributed by atoms with Crippen molar-refractivity contribution in [2.24, 2.45) is 0 Å². The van der Waals surface area contributed by atoms with Gasteiger partial charge in [0.05, 0.1) is 0 Å². The molecule has 0 aliphatic carbocycles. The molecular formula is C8H11FN2. The maximum atomic E-state index is 11.7. The van der Waals surface area contributed by atoms with Crippen molar-refractivity contribution < 1.29 is 4.39 Å². The van der Waals surface area contributed by atoms with E-state index in [2.05, 4.69) is 10.3 Å². The Morgan fingerprint density at radius 2 is 2.45 bits per heavy atom. The van der Waals surface area contributed by atoms with Crippen molar-refractivity contribution in [2.45, 2.75) is 6.92 Å². The number of rotatable bonds is 3. The number of hydrogen-bond donors (Lipinski definition) is 1. The number of aryl methyl sites for hydroxylation is 1. The Labute approximate surface area is 65.5 Å². The molecule has 1 heterocycles. The zero-order chi connectivity index (χ0) is 8.10. The molecule has 1 N–H and O–H groups in total. The molecule has 60 valence electrons. The van der Waals surface area contributed by atoms with Crippen LogP contribution in [-0.2, 0) is 0 Å². The lowest BCUT2D eigenvalue weighted by Crippen LogP contribution is -2.05. The fraction of sp³-hybridized carbons (Fsp3) is 0.375. The van der Waals surface area contributed by atoms with E-state index in [1.165, 1.54) is 0 Å². The molecular weight excluding hydrogens is 143 g/mol. The maximum Gasteiger partial charge on any atom is 0.128 e. The molecule has 1 rings (SSSR count). The molecule has 0 saturated carbocycles. The predicted molar refractivity (Wildman–Crippen MR) is 43.4 cm³/mol. The van der Waals surface area contributed by atoms with Crippen molar-refractivity contribution >= 4 is 5.82 Å². The molecule has 0 aromatic carbocycles. The minimum absolute atomic E-state index is 0.331. The standard InChI is InChI=1S/C8H11FN2/c1-7-3-2-5-10-8(7)11-6-4-9/h2-3,5H,4,6H2,1H3,(H,10,11). The third kappa shape index (κ3) is 2.18. The highest BCUT2D eigenvalue weighted by atomic mass is 19.1. The van der Waals surface area contributed by atoms with E-state index < -0.39 is 0 Å². The summed E-state index contributed by atoms with van der Waals surface area (Å²) >= 11 is 0. The van der Waals surface area contributed by atoms with Crippen LogP contribution in [0, 0.1) is 6.92 Å². The average molecular weight is 154 g/mol. The van der Waals surface area contributed by atoms with Gasteiger partial charge in [0.15, 0.2) is 0 Å². The number of nitrogens with one attached hydrogen (secondary N) is 1. The van der Waals surface area contributed by atoms with E-state index in [1.807, 2.05) is 19.1 Å². The van der Waals surface area contributed by atoms with Crippen LogP contribution in [-0.4, -0.2) is 18.2 Å². The van der Waals surface area contributed by atoms with E-state index >= 15 is 0 Å². The number of halogens is 1. The number of hydrogen-bond acceptors (Lipinski definition) is 2. The number of aromatic nitrogens is 1. The summed E-state index contributed by atoms with van der Waals surface area (Å²) in [4.78, 5) is 4.04. The largest absolute Gasteiger partial charge is 0.367 e. The fourth-order valence-electron chi connectivity index (χ4n) is 0.836. The summed E-state index contributed by atoms with van der Waals surface area (Å²) in [6, 6.07) is 3.80. The van der Waals surface area contributed by atoms with Gasteiger partial charge in [0.25, 0.3) is 0 Å². The molecule has 0 spiro atoms. The van der Waals surface area contributed by atoms with Gasteiger partial charge in [-0.3, -0.25) is 0 Å². The Balaban J connectivity index is 2.62. The highest BCUT2D eigenvalue weighted by molar-refractivity contribution is 5.42. The van der Waals surface area contributed by atoms with Gasteiger partial charge in [-0.1, -0.05) is 6.07 Å². The summed E-state index contributed by atoms with van der Waals surface area (Å²) in [6.07, 6.45) is 1.69. The summed E-state index contributed by atoms with van der Waals surface area (Å²) < 4.78 is 11.7. The van der Waals surface area contributed by atoms with Crippen molar-refractivity contribution in [2.75, 3.05) is 18.5 Å². The van der Waals surface area contributed by atoms with Crippen LogP contribution < -0.4 is 5.32 Å². The average Bonchev–Trinajstić information content (AvgIpc) is 2.03. The van der Waals surface area contributed by atoms with Crippen molar-refractivity contribution in [1.29, 1.82) is 0 Å². The van der Waals surface area contributed by atoms with Crippen LogP contribution in [0.3, 0.4) is 0 Å². The van der Waals surface area contributed by atoms with Crippen LogP contribution in [0.5, 0.6) is 0 Å². The van der Waals surface area contributed by atoms with Gasteiger partial charge in [-0.2, -0.15) is 0 Å². The predicted octanol–water partition coefficient (Wildman–Crippen LogP) is 1.77. The molecule has 0 atom stereocenters. The topological polar surface area (TPSA) is 24.9 Å².